The number of carbonyl (C=O) groups excluding carboxylic acids is 1. The van der Waals surface area contributed by atoms with Crippen molar-refractivity contribution in [1.29, 1.82) is 0 Å². The van der Waals surface area contributed by atoms with Crippen molar-refractivity contribution in [2.45, 2.75) is 56.6 Å². The van der Waals surface area contributed by atoms with Gasteiger partial charge in [0.15, 0.2) is 0 Å². The Morgan fingerprint density at radius 1 is 1.32 bits per heavy atom. The Kier molecular flexibility index (Phi) is 3.81. The van der Waals surface area contributed by atoms with E-state index in [4.69, 9.17) is 9.47 Å². The highest BCUT2D eigenvalue weighted by Crippen LogP contribution is 2.41. The van der Waals surface area contributed by atoms with E-state index in [0.717, 1.165) is 32.5 Å². The van der Waals surface area contributed by atoms with Crippen molar-refractivity contribution < 1.29 is 14.3 Å². The fourth-order valence-electron chi connectivity index (χ4n) is 4.16. The number of methoxy groups -OCH3 is 1. The van der Waals surface area contributed by atoms with Crippen LogP contribution in [0.3, 0.4) is 0 Å². The van der Waals surface area contributed by atoms with Gasteiger partial charge in [-0.2, -0.15) is 0 Å². The van der Waals surface area contributed by atoms with Crippen molar-refractivity contribution in [3.05, 3.63) is 0 Å². The summed E-state index contributed by atoms with van der Waals surface area (Å²) in [5.74, 6) is 0.0533. The van der Waals surface area contributed by atoms with Crippen LogP contribution in [0.15, 0.2) is 0 Å². The lowest BCUT2D eigenvalue weighted by molar-refractivity contribution is -0.145. The lowest BCUT2D eigenvalue weighted by Gasteiger charge is -2.42. The summed E-state index contributed by atoms with van der Waals surface area (Å²) >= 11 is 0. The van der Waals surface area contributed by atoms with Crippen LogP contribution >= 0.6 is 0 Å². The third kappa shape index (κ3) is 2.65. The highest BCUT2D eigenvalue weighted by Gasteiger charge is 2.43. The van der Waals surface area contributed by atoms with Crippen molar-refractivity contribution in [2.24, 2.45) is 5.92 Å². The number of hydrogen-bond donors (Lipinski definition) is 0. The van der Waals surface area contributed by atoms with Crippen LogP contribution in [0.25, 0.3) is 0 Å². The molecule has 4 nitrogen and oxygen atoms in total. The van der Waals surface area contributed by atoms with Gasteiger partial charge in [-0.3, -0.25) is 9.69 Å². The van der Waals surface area contributed by atoms with E-state index >= 15 is 0 Å². The molecule has 2 unspecified atom stereocenters. The van der Waals surface area contributed by atoms with Gasteiger partial charge in [-0.15, -0.1) is 0 Å². The van der Waals surface area contributed by atoms with Gasteiger partial charge in [-0.25, -0.2) is 0 Å². The van der Waals surface area contributed by atoms with Crippen molar-refractivity contribution in [3.8, 4) is 0 Å². The zero-order valence-electron chi connectivity index (χ0n) is 11.9. The molecular weight excluding hydrogens is 242 g/mol. The van der Waals surface area contributed by atoms with E-state index in [-0.39, 0.29) is 17.5 Å². The van der Waals surface area contributed by atoms with E-state index < -0.39 is 0 Å². The number of likely N-dealkylation sites (tertiary alicyclic amines) is 1. The van der Waals surface area contributed by atoms with Gasteiger partial charge in [0.2, 0.25) is 0 Å². The first-order valence-electron chi connectivity index (χ1n) is 7.68. The van der Waals surface area contributed by atoms with Crippen molar-refractivity contribution in [1.82, 2.24) is 4.90 Å². The molecule has 1 spiro atoms. The summed E-state index contributed by atoms with van der Waals surface area (Å²) in [7, 11) is 1.49. The average Bonchev–Trinajstić information content (AvgIpc) is 3.08. The zero-order chi connectivity index (χ0) is 13.3. The highest BCUT2D eigenvalue weighted by molar-refractivity contribution is 5.72. The van der Waals surface area contributed by atoms with Gasteiger partial charge in [-0.1, -0.05) is 12.8 Å². The van der Waals surface area contributed by atoms with Crippen molar-refractivity contribution >= 4 is 5.97 Å². The molecular formula is C15H25NO3. The molecule has 2 atom stereocenters. The molecule has 1 aliphatic carbocycles. The molecule has 3 rings (SSSR count). The van der Waals surface area contributed by atoms with E-state index in [2.05, 4.69) is 4.90 Å². The fourth-order valence-corrected chi connectivity index (χ4v) is 4.16. The Bertz CT molecular complexity index is 338. The van der Waals surface area contributed by atoms with Gasteiger partial charge < -0.3 is 9.47 Å². The third-order valence-electron chi connectivity index (χ3n) is 5.25. The Hall–Kier alpha value is -0.610. The summed E-state index contributed by atoms with van der Waals surface area (Å²) in [5.41, 5.74) is 0.173. The molecule has 0 N–H and O–H groups in total. The summed E-state index contributed by atoms with van der Waals surface area (Å²) in [6.07, 6.45) is 8.35. The van der Waals surface area contributed by atoms with Crippen molar-refractivity contribution in [3.63, 3.8) is 0 Å². The molecule has 2 aliphatic heterocycles. The zero-order valence-corrected chi connectivity index (χ0v) is 11.9. The number of ether oxygens (including phenoxy) is 2. The average molecular weight is 267 g/mol. The van der Waals surface area contributed by atoms with Gasteiger partial charge in [0.1, 0.15) is 0 Å². The van der Waals surface area contributed by atoms with Crippen LogP contribution in [0, 0.1) is 5.92 Å². The Morgan fingerprint density at radius 3 is 2.84 bits per heavy atom. The number of nitrogens with zero attached hydrogens (tertiary/aromatic N) is 1. The fraction of sp³-hybridized carbons (Fsp3) is 0.933. The summed E-state index contributed by atoms with van der Waals surface area (Å²) < 4.78 is 11.0. The molecule has 19 heavy (non-hydrogen) atoms. The first kappa shape index (κ1) is 13.4. The highest BCUT2D eigenvalue weighted by atomic mass is 16.5. The maximum atomic E-state index is 11.6. The number of carbonyl (C=O) groups is 1. The molecule has 4 heteroatoms. The molecule has 1 saturated carbocycles. The predicted molar refractivity (Wildman–Crippen MR) is 71.9 cm³/mol. The van der Waals surface area contributed by atoms with Crippen molar-refractivity contribution in [2.75, 3.05) is 26.8 Å². The second-order valence-corrected chi connectivity index (χ2v) is 6.39. The molecule has 0 radical (unpaired) electrons. The van der Waals surface area contributed by atoms with Crippen LogP contribution in [0.5, 0.6) is 0 Å². The Labute approximate surface area is 115 Å². The third-order valence-corrected chi connectivity index (χ3v) is 5.25. The lowest BCUT2D eigenvalue weighted by Crippen LogP contribution is -2.47. The van der Waals surface area contributed by atoms with Crippen LogP contribution in [0.1, 0.15) is 44.9 Å². The lowest BCUT2D eigenvalue weighted by atomic mass is 9.88. The monoisotopic (exact) mass is 267 g/mol. The van der Waals surface area contributed by atoms with E-state index in [1.165, 1.54) is 39.2 Å². The number of rotatable bonds is 2. The van der Waals surface area contributed by atoms with Gasteiger partial charge in [0.25, 0.3) is 0 Å². The van der Waals surface area contributed by atoms with E-state index in [0.29, 0.717) is 6.04 Å². The minimum absolute atomic E-state index is 0.0369. The second-order valence-electron chi connectivity index (χ2n) is 6.39. The van der Waals surface area contributed by atoms with E-state index in [1.54, 1.807) is 0 Å². The SMILES string of the molecule is COC(=O)C1CCN(C2CCOC3(CCCC3)C2)C1. The smallest absolute Gasteiger partial charge is 0.310 e. The molecule has 0 aromatic rings. The molecule has 3 aliphatic rings. The molecule has 0 amide bonds. The standard InChI is InChI=1S/C15H25NO3/c1-18-14(17)12-4-8-16(11-12)13-5-9-19-15(10-13)6-2-3-7-15/h12-13H,2-11H2,1H3. The summed E-state index contributed by atoms with van der Waals surface area (Å²) in [4.78, 5) is 14.1. The Morgan fingerprint density at radius 2 is 2.11 bits per heavy atom. The van der Waals surface area contributed by atoms with Crippen LogP contribution in [0.2, 0.25) is 0 Å². The topological polar surface area (TPSA) is 38.8 Å². The van der Waals surface area contributed by atoms with Crippen LogP contribution in [-0.2, 0) is 14.3 Å². The van der Waals surface area contributed by atoms with Crippen LogP contribution < -0.4 is 0 Å². The molecule has 0 aromatic heterocycles. The van der Waals surface area contributed by atoms with Gasteiger partial charge in [0.05, 0.1) is 18.6 Å². The van der Waals surface area contributed by atoms with Gasteiger partial charge in [0, 0.05) is 19.2 Å². The van der Waals surface area contributed by atoms with Crippen LogP contribution in [0.4, 0.5) is 0 Å². The summed E-state index contributed by atoms with van der Waals surface area (Å²) in [6.45, 7) is 2.82. The largest absolute Gasteiger partial charge is 0.469 e. The normalized spacial score (nSPS) is 34.8. The van der Waals surface area contributed by atoms with E-state index in [9.17, 15) is 4.79 Å². The minimum atomic E-state index is -0.0369. The molecule has 3 fully saturated rings. The number of esters is 1. The quantitative estimate of drug-likeness (QED) is 0.717. The first-order chi connectivity index (χ1) is 9.22. The molecule has 108 valence electrons. The van der Waals surface area contributed by atoms with E-state index in [1.807, 2.05) is 0 Å². The summed E-state index contributed by atoms with van der Waals surface area (Å²) in [5, 5.41) is 0. The minimum Gasteiger partial charge on any atom is -0.469 e. The predicted octanol–water partition coefficient (Wildman–Crippen LogP) is 1.97. The molecule has 0 bridgehead atoms. The molecule has 0 aromatic carbocycles. The molecule has 2 saturated heterocycles. The first-order valence-corrected chi connectivity index (χ1v) is 7.68. The maximum absolute atomic E-state index is 11.6. The summed E-state index contributed by atoms with van der Waals surface area (Å²) in [6, 6.07) is 0.613. The number of hydrogen-bond acceptors (Lipinski definition) is 4. The van der Waals surface area contributed by atoms with Gasteiger partial charge >= 0.3 is 5.97 Å². The van der Waals surface area contributed by atoms with Gasteiger partial charge in [-0.05, 0) is 38.6 Å². The Balaban J connectivity index is 1.59. The van der Waals surface area contributed by atoms with Crippen LogP contribution in [-0.4, -0.2) is 49.3 Å². The maximum Gasteiger partial charge on any atom is 0.310 e. The second kappa shape index (κ2) is 5.41. The molecule has 2 heterocycles.